The first-order valence-corrected chi connectivity index (χ1v) is 7.59. The highest BCUT2D eigenvalue weighted by atomic mass is 35.5. The van der Waals surface area contributed by atoms with Crippen LogP contribution in [0.15, 0.2) is 30.7 Å². The fourth-order valence-corrected chi connectivity index (χ4v) is 3.08. The van der Waals surface area contributed by atoms with Gasteiger partial charge in [-0.1, -0.05) is 0 Å². The third kappa shape index (κ3) is 4.86. The molecule has 9 heteroatoms. The summed E-state index contributed by atoms with van der Waals surface area (Å²) in [5.74, 6) is -0.0755. The fraction of sp³-hybridized carbons (Fsp3) is 0.357. The quantitative estimate of drug-likeness (QED) is 0.749. The summed E-state index contributed by atoms with van der Waals surface area (Å²) in [5, 5.41) is 16.4. The highest BCUT2D eigenvalue weighted by Gasteiger charge is 2.25. The van der Waals surface area contributed by atoms with E-state index in [0.717, 1.165) is 17.1 Å². The van der Waals surface area contributed by atoms with E-state index in [1.165, 1.54) is 11.3 Å². The number of β-amino-alcohol motifs (C(OH)–C–C–N with tert-alkyl or cyclic N) is 1. The van der Waals surface area contributed by atoms with Gasteiger partial charge in [-0.2, -0.15) is 0 Å². The third-order valence-electron chi connectivity index (χ3n) is 3.49. The molecule has 2 aromatic heterocycles. The molecule has 0 bridgehead atoms. The van der Waals surface area contributed by atoms with Gasteiger partial charge in [0.15, 0.2) is 0 Å². The van der Waals surface area contributed by atoms with Crippen molar-refractivity contribution in [1.82, 2.24) is 20.6 Å². The Morgan fingerprint density at radius 3 is 2.74 bits per heavy atom. The van der Waals surface area contributed by atoms with Gasteiger partial charge < -0.3 is 15.7 Å². The first-order valence-electron chi connectivity index (χ1n) is 6.77. The van der Waals surface area contributed by atoms with Gasteiger partial charge >= 0.3 is 0 Å². The molecule has 3 N–H and O–H groups in total. The molecule has 126 valence electrons. The molecule has 0 saturated carbocycles. The van der Waals surface area contributed by atoms with Gasteiger partial charge in [0.2, 0.25) is 0 Å². The number of aliphatic hydroxyl groups is 1. The molecule has 1 amide bonds. The topological polar surface area (TPSA) is 87.1 Å². The molecule has 0 spiro atoms. The van der Waals surface area contributed by atoms with Gasteiger partial charge in [0.05, 0.1) is 12.3 Å². The van der Waals surface area contributed by atoms with E-state index in [1.54, 1.807) is 18.6 Å². The average Bonchev–Trinajstić information content (AvgIpc) is 3.15. The Labute approximate surface area is 150 Å². The molecule has 1 aliphatic heterocycles. The normalized spacial score (nSPS) is 19.5. The smallest absolute Gasteiger partial charge is 0.263 e. The molecule has 2 atom stereocenters. The third-order valence-corrected chi connectivity index (χ3v) is 4.53. The summed E-state index contributed by atoms with van der Waals surface area (Å²) in [7, 11) is 0. The second-order valence-electron chi connectivity index (χ2n) is 4.96. The van der Waals surface area contributed by atoms with E-state index < -0.39 is 0 Å². The minimum Gasteiger partial charge on any atom is -0.391 e. The number of halogens is 2. The Morgan fingerprint density at radius 2 is 2.09 bits per heavy atom. The summed E-state index contributed by atoms with van der Waals surface area (Å²) in [5.41, 5.74) is 0.949. The zero-order valence-corrected chi connectivity index (χ0v) is 14.6. The molecular formula is C14H18Cl2N4O2S. The van der Waals surface area contributed by atoms with Crippen LogP contribution in [-0.2, 0) is 0 Å². The number of nitrogens with zero attached hydrogens (tertiary/aromatic N) is 2. The Morgan fingerprint density at radius 1 is 1.35 bits per heavy atom. The van der Waals surface area contributed by atoms with Crippen LogP contribution in [0.4, 0.5) is 0 Å². The predicted octanol–water partition coefficient (Wildman–Crippen LogP) is 1.36. The highest BCUT2D eigenvalue weighted by molar-refractivity contribution is 7.16. The average molecular weight is 377 g/mol. The summed E-state index contributed by atoms with van der Waals surface area (Å²) in [6.07, 6.45) is 4.59. The molecule has 23 heavy (non-hydrogen) atoms. The first-order chi connectivity index (χ1) is 10.2. The van der Waals surface area contributed by atoms with E-state index in [4.69, 9.17) is 0 Å². The number of rotatable bonds is 4. The largest absolute Gasteiger partial charge is 0.391 e. The highest BCUT2D eigenvalue weighted by Crippen LogP contribution is 2.24. The van der Waals surface area contributed by atoms with Crippen molar-refractivity contribution in [3.05, 3.63) is 35.6 Å². The number of hydrogen-bond acceptors (Lipinski definition) is 6. The summed E-state index contributed by atoms with van der Waals surface area (Å²) in [4.78, 5) is 20.9. The van der Waals surface area contributed by atoms with Crippen molar-refractivity contribution < 1.29 is 9.90 Å². The van der Waals surface area contributed by atoms with Gasteiger partial charge in [0.25, 0.3) is 5.91 Å². The molecule has 2 unspecified atom stereocenters. The van der Waals surface area contributed by atoms with E-state index in [1.807, 2.05) is 12.1 Å². The van der Waals surface area contributed by atoms with E-state index in [9.17, 15) is 9.90 Å². The van der Waals surface area contributed by atoms with Crippen LogP contribution in [0.25, 0.3) is 10.6 Å². The predicted molar refractivity (Wildman–Crippen MR) is 94.5 cm³/mol. The van der Waals surface area contributed by atoms with Crippen molar-refractivity contribution in [3.63, 3.8) is 0 Å². The van der Waals surface area contributed by atoms with Crippen LogP contribution in [0.2, 0.25) is 0 Å². The summed E-state index contributed by atoms with van der Waals surface area (Å²) in [6, 6.07) is 3.72. The summed E-state index contributed by atoms with van der Waals surface area (Å²) >= 11 is 1.35. The van der Waals surface area contributed by atoms with E-state index >= 15 is 0 Å². The van der Waals surface area contributed by atoms with E-state index in [2.05, 4.69) is 20.6 Å². The lowest BCUT2D eigenvalue weighted by Gasteiger charge is -2.13. The Balaban J connectivity index is 0.00000132. The number of aromatic nitrogens is 2. The monoisotopic (exact) mass is 376 g/mol. The van der Waals surface area contributed by atoms with Crippen LogP contribution in [0.3, 0.4) is 0 Å². The zero-order chi connectivity index (χ0) is 14.7. The molecule has 2 aromatic rings. The summed E-state index contributed by atoms with van der Waals surface area (Å²) < 4.78 is 0. The lowest BCUT2D eigenvalue weighted by atomic mass is 10.1. The van der Waals surface area contributed by atoms with Crippen LogP contribution in [0.1, 0.15) is 9.67 Å². The Hall–Kier alpha value is -1.25. The van der Waals surface area contributed by atoms with Gasteiger partial charge in [-0.15, -0.1) is 36.2 Å². The lowest BCUT2D eigenvalue weighted by Crippen LogP contribution is -2.34. The lowest BCUT2D eigenvalue weighted by molar-refractivity contribution is 0.0931. The Bertz CT molecular complexity index is 626. The van der Waals surface area contributed by atoms with Gasteiger partial charge in [-0.3, -0.25) is 9.78 Å². The summed E-state index contributed by atoms with van der Waals surface area (Å²) in [6.45, 7) is 1.79. The number of carbonyl (C=O) groups is 1. The van der Waals surface area contributed by atoms with Gasteiger partial charge in [0, 0.05) is 43.5 Å². The van der Waals surface area contributed by atoms with Crippen molar-refractivity contribution in [2.45, 2.75) is 6.10 Å². The minimum absolute atomic E-state index is 0. The molecule has 1 saturated heterocycles. The van der Waals surface area contributed by atoms with Crippen LogP contribution in [0, 0.1) is 5.92 Å². The number of thiazole rings is 1. The molecule has 0 radical (unpaired) electrons. The first kappa shape index (κ1) is 19.8. The maximum absolute atomic E-state index is 12.1. The minimum atomic E-state index is -0.390. The molecule has 3 heterocycles. The van der Waals surface area contributed by atoms with E-state index in [-0.39, 0.29) is 42.7 Å². The standard InChI is InChI=1S/C14H16N4O2S.2ClH/c19-11-7-16-5-10(11)6-17-13(20)12-8-18-14(21-12)9-1-3-15-4-2-9;;/h1-4,8,10-11,16,19H,5-7H2,(H,17,20);2*1H. The van der Waals surface area contributed by atoms with Crippen molar-refractivity contribution in [3.8, 4) is 10.6 Å². The van der Waals surface area contributed by atoms with Gasteiger partial charge in [-0.05, 0) is 12.1 Å². The van der Waals surface area contributed by atoms with Crippen LogP contribution in [-0.4, -0.2) is 46.7 Å². The van der Waals surface area contributed by atoms with Crippen molar-refractivity contribution >= 4 is 42.1 Å². The number of pyridine rings is 1. The van der Waals surface area contributed by atoms with Crippen LogP contribution >= 0.6 is 36.2 Å². The number of hydrogen-bond donors (Lipinski definition) is 3. The van der Waals surface area contributed by atoms with Gasteiger partial charge in [-0.25, -0.2) is 4.98 Å². The molecular weight excluding hydrogens is 359 g/mol. The second kappa shape index (κ2) is 9.14. The van der Waals surface area contributed by atoms with Gasteiger partial charge in [0.1, 0.15) is 9.88 Å². The van der Waals surface area contributed by atoms with Crippen LogP contribution < -0.4 is 10.6 Å². The molecule has 0 aliphatic carbocycles. The SMILES string of the molecule is Cl.Cl.O=C(NCC1CNCC1O)c1cnc(-c2ccncc2)s1. The Kier molecular flexibility index (Phi) is 7.87. The number of amides is 1. The van der Waals surface area contributed by atoms with E-state index in [0.29, 0.717) is 18.0 Å². The molecule has 1 aliphatic rings. The van der Waals surface area contributed by atoms with Crippen molar-refractivity contribution in [1.29, 1.82) is 0 Å². The van der Waals surface area contributed by atoms with Crippen LogP contribution in [0.5, 0.6) is 0 Å². The molecule has 0 aromatic carbocycles. The second-order valence-corrected chi connectivity index (χ2v) is 5.99. The molecule has 1 fully saturated rings. The maximum atomic E-state index is 12.1. The number of aliphatic hydroxyl groups excluding tert-OH is 1. The number of carbonyl (C=O) groups excluding carboxylic acids is 1. The fourth-order valence-electron chi connectivity index (χ4n) is 2.25. The molecule has 6 nitrogen and oxygen atoms in total. The number of nitrogens with one attached hydrogen (secondary N) is 2. The zero-order valence-electron chi connectivity index (χ0n) is 12.1. The van der Waals surface area contributed by atoms with Crippen molar-refractivity contribution in [2.24, 2.45) is 5.92 Å². The maximum Gasteiger partial charge on any atom is 0.263 e. The van der Waals surface area contributed by atoms with Crippen molar-refractivity contribution in [2.75, 3.05) is 19.6 Å². The molecule has 3 rings (SSSR count).